The van der Waals surface area contributed by atoms with Crippen LogP contribution in [0.15, 0.2) is 5.16 Å². The van der Waals surface area contributed by atoms with E-state index in [4.69, 9.17) is 10.9 Å². The lowest BCUT2D eigenvalue weighted by molar-refractivity contribution is 0.249. The molecule has 0 aromatic heterocycles. The molecule has 0 amide bonds. The molecule has 72 valence electrons. The monoisotopic (exact) mass is 173 g/mol. The van der Waals surface area contributed by atoms with Crippen molar-refractivity contribution in [2.45, 2.75) is 33.2 Å². The Morgan fingerprint density at radius 1 is 1.42 bits per heavy atom. The van der Waals surface area contributed by atoms with Crippen LogP contribution in [-0.4, -0.2) is 35.1 Å². The molecule has 0 rings (SSSR count). The molecule has 4 heteroatoms. The fourth-order valence-electron chi connectivity index (χ4n) is 1.39. The summed E-state index contributed by atoms with van der Waals surface area (Å²) in [5.74, 6) is 0.307. The van der Waals surface area contributed by atoms with Gasteiger partial charge < -0.3 is 10.9 Å². The van der Waals surface area contributed by atoms with Gasteiger partial charge in [-0.1, -0.05) is 25.9 Å². The molecule has 0 spiro atoms. The van der Waals surface area contributed by atoms with Gasteiger partial charge in [-0.2, -0.15) is 0 Å². The third kappa shape index (κ3) is 2.70. The molecule has 0 aromatic rings. The summed E-state index contributed by atoms with van der Waals surface area (Å²) in [6.07, 6.45) is 0.873. The largest absolute Gasteiger partial charge is 0.409 e. The molecule has 1 atom stereocenters. The average Bonchev–Trinajstić information content (AvgIpc) is 2.12. The molecule has 0 saturated heterocycles. The Morgan fingerprint density at radius 3 is 2.17 bits per heavy atom. The number of hydrogen-bond donors (Lipinski definition) is 2. The van der Waals surface area contributed by atoms with E-state index in [9.17, 15) is 0 Å². The highest BCUT2D eigenvalue weighted by atomic mass is 16.4. The maximum Gasteiger partial charge on any atom is 0.156 e. The van der Waals surface area contributed by atoms with Crippen molar-refractivity contribution in [3.63, 3.8) is 0 Å². The van der Waals surface area contributed by atoms with Crippen LogP contribution in [0.25, 0.3) is 0 Å². The highest BCUT2D eigenvalue weighted by Crippen LogP contribution is 2.03. The Bertz CT molecular complexity index is 143. The molecule has 0 aliphatic carbocycles. The first-order valence-electron chi connectivity index (χ1n) is 4.42. The van der Waals surface area contributed by atoms with Gasteiger partial charge in [0.1, 0.15) is 0 Å². The van der Waals surface area contributed by atoms with Gasteiger partial charge in [0.25, 0.3) is 0 Å². The fraction of sp³-hybridized carbons (Fsp3) is 0.875. The second-order valence-electron chi connectivity index (χ2n) is 2.67. The molecule has 0 fully saturated rings. The molecular weight excluding hydrogens is 154 g/mol. The zero-order valence-corrected chi connectivity index (χ0v) is 8.12. The quantitative estimate of drug-likeness (QED) is 0.280. The van der Waals surface area contributed by atoms with E-state index in [1.54, 1.807) is 0 Å². The minimum Gasteiger partial charge on any atom is -0.409 e. The third-order valence-electron chi connectivity index (χ3n) is 2.10. The number of hydrogen-bond acceptors (Lipinski definition) is 3. The van der Waals surface area contributed by atoms with E-state index in [0.29, 0.717) is 5.84 Å². The van der Waals surface area contributed by atoms with Crippen molar-refractivity contribution >= 4 is 5.84 Å². The second kappa shape index (κ2) is 5.83. The van der Waals surface area contributed by atoms with Crippen LogP contribution < -0.4 is 5.73 Å². The molecule has 1 unspecified atom stereocenters. The van der Waals surface area contributed by atoms with Gasteiger partial charge >= 0.3 is 0 Å². The minimum atomic E-state index is 0.0741. The second-order valence-corrected chi connectivity index (χ2v) is 2.67. The first kappa shape index (κ1) is 11.2. The Hall–Kier alpha value is -0.770. The number of nitrogens with two attached hydrogens (primary N) is 1. The van der Waals surface area contributed by atoms with Gasteiger partial charge in [0.2, 0.25) is 0 Å². The topological polar surface area (TPSA) is 61.9 Å². The van der Waals surface area contributed by atoms with Gasteiger partial charge in [-0.05, 0) is 19.5 Å². The lowest BCUT2D eigenvalue weighted by Gasteiger charge is -2.27. The van der Waals surface area contributed by atoms with Crippen LogP contribution in [0, 0.1) is 0 Å². The number of oxime groups is 1. The summed E-state index contributed by atoms with van der Waals surface area (Å²) < 4.78 is 0. The molecule has 12 heavy (non-hydrogen) atoms. The Kier molecular flexibility index (Phi) is 5.45. The highest BCUT2D eigenvalue weighted by Gasteiger charge is 2.17. The predicted molar refractivity (Wildman–Crippen MR) is 50.4 cm³/mol. The van der Waals surface area contributed by atoms with Crippen molar-refractivity contribution in [1.29, 1.82) is 0 Å². The van der Waals surface area contributed by atoms with Crippen molar-refractivity contribution in [3.8, 4) is 0 Å². The smallest absolute Gasteiger partial charge is 0.156 e. The molecule has 0 bridgehead atoms. The maximum absolute atomic E-state index is 8.51. The summed E-state index contributed by atoms with van der Waals surface area (Å²) in [5, 5.41) is 11.5. The summed E-state index contributed by atoms with van der Waals surface area (Å²) in [4.78, 5) is 2.16. The Balaban J connectivity index is 4.30. The van der Waals surface area contributed by atoms with E-state index >= 15 is 0 Å². The lowest BCUT2D eigenvalue weighted by Crippen LogP contribution is -2.44. The van der Waals surface area contributed by atoms with Crippen LogP contribution in [0.2, 0.25) is 0 Å². The first-order chi connectivity index (χ1) is 5.71. The Labute approximate surface area is 74.0 Å². The van der Waals surface area contributed by atoms with Crippen LogP contribution in [-0.2, 0) is 0 Å². The van der Waals surface area contributed by atoms with Crippen molar-refractivity contribution < 1.29 is 5.21 Å². The standard InChI is InChI=1S/C8H19N3O/c1-4-7(8(9)10-12)11(5-2)6-3/h7,12H,4-6H2,1-3H3,(H2,9,10). The Morgan fingerprint density at radius 2 is 1.92 bits per heavy atom. The van der Waals surface area contributed by atoms with Crippen molar-refractivity contribution in [3.05, 3.63) is 0 Å². The van der Waals surface area contributed by atoms with Crippen LogP contribution in [0.4, 0.5) is 0 Å². The molecule has 0 aliphatic rings. The van der Waals surface area contributed by atoms with Gasteiger partial charge in [0, 0.05) is 0 Å². The summed E-state index contributed by atoms with van der Waals surface area (Å²) in [6.45, 7) is 8.01. The zero-order valence-electron chi connectivity index (χ0n) is 8.12. The van der Waals surface area contributed by atoms with Crippen molar-refractivity contribution in [1.82, 2.24) is 4.90 Å². The van der Waals surface area contributed by atoms with Gasteiger partial charge in [-0.15, -0.1) is 0 Å². The molecular formula is C8H19N3O. The zero-order chi connectivity index (χ0) is 9.56. The first-order valence-corrected chi connectivity index (χ1v) is 4.42. The molecule has 0 radical (unpaired) electrons. The van der Waals surface area contributed by atoms with Crippen LogP contribution in [0.3, 0.4) is 0 Å². The fourth-order valence-corrected chi connectivity index (χ4v) is 1.39. The van der Waals surface area contributed by atoms with Crippen molar-refractivity contribution in [2.75, 3.05) is 13.1 Å². The minimum absolute atomic E-state index is 0.0741. The van der Waals surface area contributed by atoms with Gasteiger partial charge in [-0.25, -0.2) is 0 Å². The van der Waals surface area contributed by atoms with E-state index in [1.165, 1.54) is 0 Å². The number of likely N-dealkylation sites (N-methyl/N-ethyl adjacent to an activating group) is 1. The normalized spacial score (nSPS) is 15.2. The van der Waals surface area contributed by atoms with Gasteiger partial charge in [0.15, 0.2) is 5.84 Å². The SMILES string of the molecule is CCC(C(N)=NO)N(CC)CC. The van der Waals surface area contributed by atoms with Crippen LogP contribution in [0.5, 0.6) is 0 Å². The molecule has 0 heterocycles. The van der Waals surface area contributed by atoms with E-state index in [0.717, 1.165) is 19.5 Å². The van der Waals surface area contributed by atoms with Crippen LogP contribution in [0.1, 0.15) is 27.2 Å². The molecule has 0 saturated carbocycles. The molecule has 0 aliphatic heterocycles. The van der Waals surface area contributed by atoms with E-state index in [-0.39, 0.29) is 6.04 Å². The van der Waals surface area contributed by atoms with Gasteiger partial charge in [-0.3, -0.25) is 4.90 Å². The maximum atomic E-state index is 8.51. The average molecular weight is 173 g/mol. The summed E-state index contributed by atoms with van der Waals surface area (Å²) in [6, 6.07) is 0.0741. The summed E-state index contributed by atoms with van der Waals surface area (Å²) in [7, 11) is 0. The van der Waals surface area contributed by atoms with Crippen molar-refractivity contribution in [2.24, 2.45) is 10.9 Å². The van der Waals surface area contributed by atoms with Crippen LogP contribution >= 0.6 is 0 Å². The lowest BCUT2D eigenvalue weighted by atomic mass is 10.2. The summed E-state index contributed by atoms with van der Waals surface area (Å²) >= 11 is 0. The summed E-state index contributed by atoms with van der Waals surface area (Å²) in [5.41, 5.74) is 5.54. The third-order valence-corrected chi connectivity index (χ3v) is 2.10. The highest BCUT2D eigenvalue weighted by molar-refractivity contribution is 5.85. The predicted octanol–water partition coefficient (Wildman–Crippen LogP) is 0.853. The number of amidine groups is 1. The number of nitrogens with zero attached hydrogens (tertiary/aromatic N) is 2. The van der Waals surface area contributed by atoms with E-state index in [2.05, 4.69) is 23.9 Å². The molecule has 4 nitrogen and oxygen atoms in total. The van der Waals surface area contributed by atoms with Gasteiger partial charge in [0.05, 0.1) is 6.04 Å². The molecule has 3 N–H and O–H groups in total. The number of rotatable bonds is 5. The molecule has 0 aromatic carbocycles. The van der Waals surface area contributed by atoms with E-state index in [1.807, 2.05) is 6.92 Å². The van der Waals surface area contributed by atoms with E-state index < -0.39 is 0 Å².